The lowest BCUT2D eigenvalue weighted by molar-refractivity contribution is 0.265. The fraction of sp³-hybridized carbons (Fsp3) is 0.706. The normalized spacial score (nSPS) is 22.1. The number of sulfonamides is 1. The first-order chi connectivity index (χ1) is 12.3. The highest BCUT2D eigenvalue weighted by Crippen LogP contribution is 2.18. The second-order valence-electron chi connectivity index (χ2n) is 6.87. The Morgan fingerprint density at radius 2 is 2.19 bits per heavy atom. The molecule has 0 aromatic carbocycles. The predicted molar refractivity (Wildman–Crippen MR) is 108 cm³/mol. The van der Waals surface area contributed by atoms with Crippen molar-refractivity contribution in [3.05, 3.63) is 17.5 Å². The molecule has 148 valence electrons. The van der Waals surface area contributed by atoms with E-state index in [-0.39, 0.29) is 6.54 Å². The topological polar surface area (TPSA) is 85.8 Å². The summed E-state index contributed by atoms with van der Waals surface area (Å²) in [6, 6.07) is 4.21. The van der Waals surface area contributed by atoms with Crippen molar-refractivity contribution in [2.75, 3.05) is 32.7 Å². The number of nitrogens with one attached hydrogen (secondary N) is 3. The van der Waals surface area contributed by atoms with E-state index in [9.17, 15) is 8.42 Å². The molecule has 2 rings (SSSR count). The summed E-state index contributed by atoms with van der Waals surface area (Å²) in [5.41, 5.74) is 0. The van der Waals surface area contributed by atoms with E-state index in [1.807, 2.05) is 6.92 Å². The first-order valence-electron chi connectivity index (χ1n) is 9.15. The number of hydrogen-bond donors (Lipinski definition) is 3. The number of likely N-dealkylation sites (tertiary alicyclic amines) is 1. The van der Waals surface area contributed by atoms with E-state index in [1.54, 1.807) is 17.5 Å². The quantitative estimate of drug-likeness (QED) is 0.347. The van der Waals surface area contributed by atoms with Gasteiger partial charge >= 0.3 is 0 Å². The van der Waals surface area contributed by atoms with Gasteiger partial charge in [0.15, 0.2) is 5.96 Å². The zero-order valence-electron chi connectivity index (χ0n) is 16.0. The van der Waals surface area contributed by atoms with Gasteiger partial charge < -0.3 is 10.6 Å². The summed E-state index contributed by atoms with van der Waals surface area (Å²) in [6.45, 7) is 12.2. The highest BCUT2D eigenvalue weighted by Gasteiger charge is 2.31. The summed E-state index contributed by atoms with van der Waals surface area (Å²) in [5, 5.41) is 8.50. The van der Waals surface area contributed by atoms with Crippen LogP contribution < -0.4 is 15.4 Å². The van der Waals surface area contributed by atoms with Crippen molar-refractivity contribution in [1.29, 1.82) is 0 Å². The number of thiophene rings is 1. The minimum atomic E-state index is -3.42. The van der Waals surface area contributed by atoms with Crippen LogP contribution in [0.15, 0.2) is 26.7 Å². The minimum Gasteiger partial charge on any atom is -0.357 e. The monoisotopic (exact) mass is 401 g/mol. The van der Waals surface area contributed by atoms with E-state index >= 15 is 0 Å². The molecule has 0 saturated carbocycles. The SMILES string of the molecule is CCNC(=NCCNS(=O)(=O)c1cccs1)NC1CN(C(C)C)CC1C. The molecule has 9 heteroatoms. The van der Waals surface area contributed by atoms with Crippen LogP contribution in [0.1, 0.15) is 27.7 Å². The second kappa shape index (κ2) is 9.68. The number of nitrogens with zero attached hydrogens (tertiary/aromatic N) is 2. The largest absolute Gasteiger partial charge is 0.357 e. The average molecular weight is 402 g/mol. The van der Waals surface area contributed by atoms with Crippen LogP contribution in [0.4, 0.5) is 0 Å². The Kier molecular flexibility index (Phi) is 7.87. The third-order valence-corrected chi connectivity index (χ3v) is 7.33. The molecule has 1 aromatic rings. The summed E-state index contributed by atoms with van der Waals surface area (Å²) < 4.78 is 27.1. The molecule has 0 spiro atoms. The van der Waals surface area contributed by atoms with Gasteiger partial charge in [0.25, 0.3) is 0 Å². The highest BCUT2D eigenvalue weighted by atomic mass is 32.2. The standard InChI is InChI=1S/C17H31N5O2S2/c1-5-18-17(21-15-12-22(13(2)3)11-14(15)4)19-8-9-20-26(23,24)16-7-6-10-25-16/h6-7,10,13-15,20H,5,8-9,11-12H2,1-4H3,(H2,18,19,21). The van der Waals surface area contributed by atoms with Crippen molar-refractivity contribution < 1.29 is 8.42 Å². The lowest BCUT2D eigenvalue weighted by Crippen LogP contribution is -2.47. The van der Waals surface area contributed by atoms with Crippen LogP contribution >= 0.6 is 11.3 Å². The summed E-state index contributed by atoms with van der Waals surface area (Å²) in [4.78, 5) is 6.98. The Morgan fingerprint density at radius 3 is 2.77 bits per heavy atom. The molecule has 0 radical (unpaired) electrons. The van der Waals surface area contributed by atoms with E-state index in [2.05, 4.69) is 46.0 Å². The van der Waals surface area contributed by atoms with E-state index in [0.717, 1.165) is 25.6 Å². The Bertz CT molecular complexity index is 673. The Labute approximate surface area is 161 Å². The maximum atomic E-state index is 12.1. The molecule has 1 saturated heterocycles. The van der Waals surface area contributed by atoms with Gasteiger partial charge in [0.2, 0.25) is 10.0 Å². The molecule has 7 nitrogen and oxygen atoms in total. The lowest BCUT2D eigenvalue weighted by Gasteiger charge is -2.22. The molecular formula is C17H31N5O2S2. The second-order valence-corrected chi connectivity index (χ2v) is 9.81. The van der Waals surface area contributed by atoms with E-state index in [4.69, 9.17) is 0 Å². The van der Waals surface area contributed by atoms with E-state index in [0.29, 0.717) is 28.8 Å². The van der Waals surface area contributed by atoms with E-state index in [1.165, 1.54) is 11.3 Å². The first kappa shape index (κ1) is 21.1. The average Bonchev–Trinajstić information content (AvgIpc) is 3.23. The van der Waals surface area contributed by atoms with Crippen molar-refractivity contribution in [2.24, 2.45) is 10.9 Å². The zero-order valence-corrected chi connectivity index (χ0v) is 17.7. The first-order valence-corrected chi connectivity index (χ1v) is 11.5. The van der Waals surface area contributed by atoms with Crippen molar-refractivity contribution in [3.8, 4) is 0 Å². The van der Waals surface area contributed by atoms with Crippen LogP contribution in [0.5, 0.6) is 0 Å². The van der Waals surface area contributed by atoms with Crippen LogP contribution in [0.2, 0.25) is 0 Å². The Hall–Kier alpha value is -1.16. The molecule has 2 unspecified atom stereocenters. The third kappa shape index (κ3) is 5.94. The molecule has 2 heterocycles. The molecule has 1 aliphatic rings. The maximum Gasteiger partial charge on any atom is 0.250 e. The number of aliphatic imine (C=N–C) groups is 1. The molecule has 0 bridgehead atoms. The Balaban J connectivity index is 1.87. The highest BCUT2D eigenvalue weighted by molar-refractivity contribution is 7.91. The van der Waals surface area contributed by atoms with Crippen molar-refractivity contribution in [3.63, 3.8) is 0 Å². The van der Waals surface area contributed by atoms with Gasteiger partial charge in [-0.25, -0.2) is 13.1 Å². The Morgan fingerprint density at radius 1 is 1.42 bits per heavy atom. The molecule has 0 amide bonds. The van der Waals surface area contributed by atoms with Crippen LogP contribution in [-0.4, -0.2) is 64.1 Å². The third-order valence-electron chi connectivity index (χ3n) is 4.47. The van der Waals surface area contributed by atoms with Gasteiger partial charge in [0, 0.05) is 38.3 Å². The van der Waals surface area contributed by atoms with Gasteiger partial charge in [-0.1, -0.05) is 13.0 Å². The summed E-state index contributed by atoms with van der Waals surface area (Å²) in [6.07, 6.45) is 0. The summed E-state index contributed by atoms with van der Waals surface area (Å²) >= 11 is 1.21. The van der Waals surface area contributed by atoms with Gasteiger partial charge in [-0.05, 0) is 38.1 Å². The smallest absolute Gasteiger partial charge is 0.250 e. The molecule has 1 fully saturated rings. The predicted octanol–water partition coefficient (Wildman–Crippen LogP) is 1.31. The van der Waals surface area contributed by atoms with Gasteiger partial charge in [0.1, 0.15) is 4.21 Å². The summed E-state index contributed by atoms with van der Waals surface area (Å²) in [7, 11) is -3.42. The van der Waals surface area contributed by atoms with Gasteiger partial charge in [-0.2, -0.15) is 0 Å². The molecule has 0 aliphatic carbocycles. The van der Waals surface area contributed by atoms with Gasteiger partial charge in [-0.3, -0.25) is 9.89 Å². The van der Waals surface area contributed by atoms with Crippen LogP contribution in [0.3, 0.4) is 0 Å². The van der Waals surface area contributed by atoms with Crippen molar-refractivity contribution in [2.45, 2.75) is 44.0 Å². The lowest BCUT2D eigenvalue weighted by atomic mass is 10.1. The molecule has 2 atom stereocenters. The fourth-order valence-corrected chi connectivity index (χ4v) is 5.00. The van der Waals surface area contributed by atoms with Crippen LogP contribution in [-0.2, 0) is 10.0 Å². The van der Waals surface area contributed by atoms with Crippen LogP contribution in [0.25, 0.3) is 0 Å². The van der Waals surface area contributed by atoms with Crippen LogP contribution in [0, 0.1) is 5.92 Å². The van der Waals surface area contributed by atoms with Gasteiger partial charge in [0.05, 0.1) is 6.54 Å². The minimum absolute atomic E-state index is 0.273. The van der Waals surface area contributed by atoms with E-state index < -0.39 is 10.0 Å². The fourth-order valence-electron chi connectivity index (χ4n) is 2.94. The summed E-state index contributed by atoms with van der Waals surface area (Å²) in [5.74, 6) is 1.28. The van der Waals surface area contributed by atoms with Gasteiger partial charge in [-0.15, -0.1) is 11.3 Å². The number of rotatable bonds is 8. The molecule has 1 aromatic heterocycles. The molecule has 3 N–H and O–H groups in total. The molecule has 26 heavy (non-hydrogen) atoms. The molecular weight excluding hydrogens is 370 g/mol. The number of guanidine groups is 1. The zero-order chi connectivity index (χ0) is 19.2. The number of hydrogen-bond acceptors (Lipinski definition) is 5. The van der Waals surface area contributed by atoms with Crippen molar-refractivity contribution >= 4 is 27.3 Å². The van der Waals surface area contributed by atoms with Crippen molar-refractivity contribution in [1.82, 2.24) is 20.3 Å². The molecule has 1 aliphatic heterocycles. The maximum absolute atomic E-state index is 12.1.